The van der Waals surface area contributed by atoms with E-state index in [0.29, 0.717) is 18.7 Å². The molecule has 1 atom stereocenters. The monoisotopic (exact) mass is 265 g/mol. The Hall–Kier alpha value is -2.05. The highest BCUT2D eigenvalue weighted by Crippen LogP contribution is 2.09. The van der Waals surface area contributed by atoms with Gasteiger partial charge in [-0.2, -0.15) is 5.10 Å². The van der Waals surface area contributed by atoms with Crippen LogP contribution in [-0.2, 0) is 16.1 Å². The molecule has 7 heteroatoms. The van der Waals surface area contributed by atoms with E-state index in [2.05, 4.69) is 10.4 Å². The van der Waals surface area contributed by atoms with E-state index in [-0.39, 0.29) is 24.4 Å². The lowest BCUT2D eigenvalue weighted by atomic mass is 10.3. The summed E-state index contributed by atoms with van der Waals surface area (Å²) in [6.07, 6.45) is 4.63. The molecular weight excluding hydrogens is 246 g/mol. The maximum atomic E-state index is 11.8. The molecule has 1 unspecified atom stereocenters. The van der Waals surface area contributed by atoms with Crippen LogP contribution in [0.1, 0.15) is 19.8 Å². The number of amides is 2. The summed E-state index contributed by atoms with van der Waals surface area (Å²) < 4.78 is 1.48. The van der Waals surface area contributed by atoms with Crippen LogP contribution in [0, 0.1) is 0 Å². The summed E-state index contributed by atoms with van der Waals surface area (Å²) >= 11 is 0. The molecule has 1 fully saturated rings. The highest BCUT2D eigenvalue weighted by molar-refractivity contribution is 5.78. The first-order valence-corrected chi connectivity index (χ1v) is 6.39. The van der Waals surface area contributed by atoms with E-state index in [1.807, 2.05) is 6.92 Å². The largest absolute Gasteiger partial charge is 0.396 e. The van der Waals surface area contributed by atoms with Gasteiger partial charge in [0.1, 0.15) is 6.54 Å². The highest BCUT2D eigenvalue weighted by Gasteiger charge is 2.22. The van der Waals surface area contributed by atoms with E-state index in [1.54, 1.807) is 11.1 Å². The third-order valence-electron chi connectivity index (χ3n) is 3.03. The van der Waals surface area contributed by atoms with Gasteiger partial charge >= 0.3 is 0 Å². The molecule has 0 bridgehead atoms. The average Bonchev–Trinajstić information content (AvgIpc) is 2.89. The van der Waals surface area contributed by atoms with E-state index in [0.717, 1.165) is 13.0 Å². The van der Waals surface area contributed by atoms with Crippen molar-refractivity contribution in [3.8, 4) is 0 Å². The quantitative estimate of drug-likeness (QED) is 0.757. The molecule has 1 aromatic rings. The molecule has 104 valence electrons. The first-order valence-electron chi connectivity index (χ1n) is 6.39. The van der Waals surface area contributed by atoms with Gasteiger partial charge in [0.15, 0.2) is 0 Å². The van der Waals surface area contributed by atoms with Crippen LogP contribution in [0.2, 0.25) is 0 Å². The second kappa shape index (κ2) is 5.73. The van der Waals surface area contributed by atoms with E-state index in [9.17, 15) is 9.59 Å². The first kappa shape index (κ1) is 13.4. The molecule has 0 aromatic carbocycles. The van der Waals surface area contributed by atoms with Gasteiger partial charge in [-0.1, -0.05) is 0 Å². The lowest BCUT2D eigenvalue weighted by Crippen LogP contribution is -2.43. The fraction of sp³-hybridized carbons (Fsp3) is 0.583. The van der Waals surface area contributed by atoms with Crippen LogP contribution in [0.4, 0.5) is 5.69 Å². The van der Waals surface area contributed by atoms with E-state index >= 15 is 0 Å². The Kier molecular flexibility index (Phi) is 4.03. The number of aromatic nitrogens is 2. The highest BCUT2D eigenvalue weighted by atomic mass is 16.2. The number of nitrogens with zero attached hydrogens (tertiary/aromatic N) is 3. The van der Waals surface area contributed by atoms with Crippen LogP contribution in [0.15, 0.2) is 12.4 Å². The molecule has 2 heterocycles. The molecule has 2 rings (SSSR count). The minimum atomic E-state index is -0.137. The number of anilines is 1. The Morgan fingerprint density at radius 2 is 2.42 bits per heavy atom. The standard InChI is InChI=1S/C12H19N5O2/c1-9(6-16-4-2-3-12(16)19)15-11(18)8-17-7-10(13)5-14-17/h5,7,9H,2-4,6,8,13H2,1H3,(H,15,18). The van der Waals surface area contributed by atoms with Gasteiger partial charge in [-0.25, -0.2) is 0 Å². The van der Waals surface area contributed by atoms with Crippen molar-refractivity contribution in [2.75, 3.05) is 18.8 Å². The summed E-state index contributed by atoms with van der Waals surface area (Å²) in [6.45, 7) is 3.37. The molecule has 0 saturated carbocycles. The third kappa shape index (κ3) is 3.70. The number of carbonyl (C=O) groups excluding carboxylic acids is 2. The number of likely N-dealkylation sites (tertiary alicyclic amines) is 1. The number of nitrogens with two attached hydrogens (primary N) is 1. The normalized spacial score (nSPS) is 16.7. The van der Waals surface area contributed by atoms with Gasteiger partial charge < -0.3 is 16.0 Å². The van der Waals surface area contributed by atoms with Crippen LogP contribution in [-0.4, -0.2) is 45.6 Å². The number of nitrogens with one attached hydrogen (secondary N) is 1. The van der Waals surface area contributed by atoms with E-state index in [1.165, 1.54) is 10.9 Å². The minimum Gasteiger partial charge on any atom is -0.396 e. The van der Waals surface area contributed by atoms with Crippen molar-refractivity contribution in [1.29, 1.82) is 0 Å². The Bertz CT molecular complexity index is 470. The Balaban J connectivity index is 1.76. The van der Waals surface area contributed by atoms with E-state index < -0.39 is 0 Å². The molecule has 0 radical (unpaired) electrons. The zero-order valence-corrected chi connectivity index (χ0v) is 11.0. The van der Waals surface area contributed by atoms with Gasteiger partial charge in [0.05, 0.1) is 11.9 Å². The van der Waals surface area contributed by atoms with Crippen molar-refractivity contribution >= 4 is 17.5 Å². The van der Waals surface area contributed by atoms with Crippen molar-refractivity contribution in [1.82, 2.24) is 20.0 Å². The van der Waals surface area contributed by atoms with E-state index in [4.69, 9.17) is 5.73 Å². The molecule has 0 aliphatic carbocycles. The van der Waals surface area contributed by atoms with Crippen LogP contribution in [0.25, 0.3) is 0 Å². The second-order valence-corrected chi connectivity index (χ2v) is 4.88. The summed E-state index contributed by atoms with van der Waals surface area (Å²) in [4.78, 5) is 25.0. The Morgan fingerprint density at radius 3 is 3.00 bits per heavy atom. The predicted octanol–water partition coefficient (Wildman–Crippen LogP) is -0.408. The lowest BCUT2D eigenvalue weighted by Gasteiger charge is -2.21. The number of hydrogen-bond acceptors (Lipinski definition) is 4. The summed E-state index contributed by atoms with van der Waals surface area (Å²) in [5.41, 5.74) is 6.05. The lowest BCUT2D eigenvalue weighted by molar-refractivity contribution is -0.129. The molecule has 2 amide bonds. The van der Waals surface area contributed by atoms with Crippen LogP contribution in [0.5, 0.6) is 0 Å². The third-order valence-corrected chi connectivity index (χ3v) is 3.03. The molecule has 3 N–H and O–H groups in total. The molecule has 1 aliphatic heterocycles. The second-order valence-electron chi connectivity index (χ2n) is 4.88. The topological polar surface area (TPSA) is 93.2 Å². The van der Waals surface area contributed by atoms with Gasteiger partial charge in [-0.05, 0) is 13.3 Å². The fourth-order valence-electron chi connectivity index (χ4n) is 2.21. The van der Waals surface area contributed by atoms with Crippen molar-refractivity contribution in [2.45, 2.75) is 32.4 Å². The maximum Gasteiger partial charge on any atom is 0.242 e. The van der Waals surface area contributed by atoms with Crippen molar-refractivity contribution in [3.63, 3.8) is 0 Å². The molecule has 7 nitrogen and oxygen atoms in total. The van der Waals surface area contributed by atoms with Gasteiger partial charge in [0.25, 0.3) is 0 Å². The Morgan fingerprint density at radius 1 is 1.63 bits per heavy atom. The van der Waals surface area contributed by atoms with Gasteiger partial charge in [0.2, 0.25) is 11.8 Å². The number of rotatable bonds is 5. The van der Waals surface area contributed by atoms with Gasteiger partial charge in [0, 0.05) is 31.7 Å². The first-order chi connectivity index (χ1) is 9.04. The summed E-state index contributed by atoms with van der Waals surface area (Å²) in [5.74, 6) is 0.0307. The summed E-state index contributed by atoms with van der Waals surface area (Å²) in [7, 11) is 0. The summed E-state index contributed by atoms with van der Waals surface area (Å²) in [5, 5.41) is 6.80. The van der Waals surface area contributed by atoms with Crippen LogP contribution < -0.4 is 11.1 Å². The zero-order chi connectivity index (χ0) is 13.8. The van der Waals surface area contributed by atoms with Crippen molar-refractivity contribution in [2.24, 2.45) is 0 Å². The zero-order valence-electron chi connectivity index (χ0n) is 11.0. The summed E-state index contributed by atoms with van der Waals surface area (Å²) in [6, 6.07) is -0.0672. The number of nitrogen functional groups attached to an aromatic ring is 1. The predicted molar refractivity (Wildman–Crippen MR) is 70.1 cm³/mol. The van der Waals surface area contributed by atoms with Crippen LogP contribution in [0.3, 0.4) is 0 Å². The molecule has 0 spiro atoms. The molecular formula is C12H19N5O2. The molecule has 19 heavy (non-hydrogen) atoms. The molecule has 1 aromatic heterocycles. The maximum absolute atomic E-state index is 11.8. The van der Waals surface area contributed by atoms with Crippen molar-refractivity contribution < 1.29 is 9.59 Å². The smallest absolute Gasteiger partial charge is 0.242 e. The number of carbonyl (C=O) groups is 2. The average molecular weight is 265 g/mol. The molecule has 1 aliphatic rings. The van der Waals surface area contributed by atoms with Crippen molar-refractivity contribution in [3.05, 3.63) is 12.4 Å². The minimum absolute atomic E-state index is 0.0672. The van der Waals surface area contributed by atoms with Gasteiger partial charge in [-0.3, -0.25) is 14.3 Å². The SMILES string of the molecule is CC(CN1CCCC1=O)NC(=O)Cn1cc(N)cn1. The number of hydrogen-bond donors (Lipinski definition) is 2. The van der Waals surface area contributed by atoms with Crippen LogP contribution >= 0.6 is 0 Å². The fourth-order valence-corrected chi connectivity index (χ4v) is 2.21. The van der Waals surface area contributed by atoms with Gasteiger partial charge in [-0.15, -0.1) is 0 Å². The molecule has 1 saturated heterocycles. The Labute approximate surface area is 111 Å².